The molecule has 0 heterocycles. The lowest BCUT2D eigenvalue weighted by Gasteiger charge is -2.35. The molecule has 0 amide bonds. The van der Waals surface area contributed by atoms with E-state index in [4.69, 9.17) is 0 Å². The van der Waals surface area contributed by atoms with E-state index < -0.39 is 0 Å². The van der Waals surface area contributed by atoms with Gasteiger partial charge in [-0.2, -0.15) is 0 Å². The molecule has 11 heavy (non-hydrogen) atoms. The van der Waals surface area contributed by atoms with E-state index in [0.29, 0.717) is 5.92 Å². The second-order valence-corrected chi connectivity index (χ2v) is 3.78. The van der Waals surface area contributed by atoms with Crippen molar-refractivity contribution in [2.24, 2.45) is 5.92 Å². The monoisotopic (exact) mass is 152 g/mol. The molecule has 0 saturated heterocycles. The summed E-state index contributed by atoms with van der Waals surface area (Å²) in [7, 11) is 0. The zero-order chi connectivity index (χ0) is 7.68. The first-order valence-corrected chi connectivity index (χ1v) is 4.75. The minimum atomic E-state index is -0.000602. The second kappa shape index (κ2) is 2.98. The van der Waals surface area contributed by atoms with Crippen molar-refractivity contribution in [1.82, 2.24) is 0 Å². The van der Waals surface area contributed by atoms with Crippen molar-refractivity contribution in [3.8, 4) is 0 Å². The normalized spacial score (nSPS) is 37.7. The summed E-state index contributed by atoms with van der Waals surface area (Å²) in [5, 5.41) is 9.42. The topological polar surface area (TPSA) is 20.2 Å². The van der Waals surface area contributed by atoms with Crippen LogP contribution in [0.5, 0.6) is 0 Å². The van der Waals surface area contributed by atoms with Crippen LogP contribution in [-0.2, 0) is 0 Å². The van der Waals surface area contributed by atoms with Crippen molar-refractivity contribution >= 4 is 0 Å². The van der Waals surface area contributed by atoms with Crippen LogP contribution in [0.15, 0.2) is 11.6 Å². The van der Waals surface area contributed by atoms with Crippen molar-refractivity contribution in [3.05, 3.63) is 11.6 Å². The Morgan fingerprint density at radius 2 is 2.18 bits per heavy atom. The molecule has 62 valence electrons. The molecular weight excluding hydrogens is 136 g/mol. The first-order valence-electron chi connectivity index (χ1n) is 4.75. The van der Waals surface area contributed by atoms with Crippen LogP contribution in [0, 0.1) is 5.92 Å². The Labute approximate surface area is 68.1 Å². The molecule has 2 aliphatic carbocycles. The average Bonchev–Trinajstić information content (AvgIpc) is 2.04. The van der Waals surface area contributed by atoms with Gasteiger partial charge < -0.3 is 5.11 Å². The van der Waals surface area contributed by atoms with Crippen molar-refractivity contribution in [2.75, 3.05) is 0 Å². The van der Waals surface area contributed by atoms with Crippen LogP contribution >= 0.6 is 0 Å². The number of rotatable bonds is 1. The van der Waals surface area contributed by atoms with Gasteiger partial charge in [0.1, 0.15) is 0 Å². The molecule has 0 aromatic heterocycles. The lowest BCUT2D eigenvalue weighted by Crippen LogP contribution is -2.32. The molecule has 0 radical (unpaired) electrons. The Hall–Kier alpha value is -0.300. The van der Waals surface area contributed by atoms with Gasteiger partial charge in [0.25, 0.3) is 0 Å². The Kier molecular flexibility index (Phi) is 1.99. The van der Waals surface area contributed by atoms with Gasteiger partial charge in [0.2, 0.25) is 0 Å². The van der Waals surface area contributed by atoms with Gasteiger partial charge in [0.05, 0.1) is 6.10 Å². The van der Waals surface area contributed by atoms with Crippen LogP contribution < -0.4 is 0 Å². The average molecular weight is 152 g/mol. The predicted molar refractivity (Wildman–Crippen MR) is 45.3 cm³/mol. The Balaban J connectivity index is 1.97. The highest BCUT2D eigenvalue weighted by Gasteiger charge is 2.31. The first-order chi connectivity index (χ1) is 5.38. The minimum Gasteiger partial charge on any atom is -0.393 e. The molecule has 0 aromatic rings. The summed E-state index contributed by atoms with van der Waals surface area (Å²) in [6, 6.07) is 0. The molecular formula is C10H16O. The highest BCUT2D eigenvalue weighted by Crippen LogP contribution is 2.37. The number of hydrogen-bond acceptors (Lipinski definition) is 1. The van der Waals surface area contributed by atoms with Crippen LogP contribution in [0.25, 0.3) is 0 Å². The Morgan fingerprint density at radius 1 is 1.27 bits per heavy atom. The van der Waals surface area contributed by atoms with E-state index in [-0.39, 0.29) is 6.10 Å². The van der Waals surface area contributed by atoms with Crippen molar-refractivity contribution in [2.45, 2.75) is 44.6 Å². The summed E-state index contributed by atoms with van der Waals surface area (Å²) in [5.74, 6) is 0.551. The summed E-state index contributed by atoms with van der Waals surface area (Å²) in [6.07, 6.45) is 9.81. The Bertz CT molecular complexity index is 172. The van der Waals surface area contributed by atoms with Gasteiger partial charge >= 0.3 is 0 Å². The summed E-state index contributed by atoms with van der Waals surface area (Å²) in [6.45, 7) is 0. The standard InChI is InChI=1S/C10H16O/c11-10-7-6-9(10)8-4-2-1-3-5-8/h4,9-11H,1-3,5-7H2/t9-,10-/m0/s1. The quantitative estimate of drug-likeness (QED) is 0.571. The van der Waals surface area contributed by atoms with Crippen molar-refractivity contribution < 1.29 is 5.11 Å². The predicted octanol–water partition coefficient (Wildman–Crippen LogP) is 2.26. The molecule has 0 aromatic carbocycles. The highest BCUT2D eigenvalue weighted by molar-refractivity contribution is 5.14. The summed E-state index contributed by atoms with van der Waals surface area (Å²) < 4.78 is 0. The SMILES string of the molecule is O[C@H]1CC[C@H]1C1=CCCCC1. The van der Waals surface area contributed by atoms with E-state index in [1.54, 1.807) is 5.57 Å². The van der Waals surface area contributed by atoms with Crippen LogP contribution in [-0.4, -0.2) is 11.2 Å². The summed E-state index contributed by atoms with van der Waals surface area (Å²) in [4.78, 5) is 0. The number of aliphatic hydroxyl groups is 1. The molecule has 1 heteroatoms. The van der Waals surface area contributed by atoms with Gasteiger partial charge in [-0.25, -0.2) is 0 Å². The molecule has 0 bridgehead atoms. The first kappa shape index (κ1) is 7.35. The second-order valence-electron chi connectivity index (χ2n) is 3.78. The van der Waals surface area contributed by atoms with E-state index in [1.807, 2.05) is 0 Å². The largest absolute Gasteiger partial charge is 0.393 e. The molecule has 0 aliphatic heterocycles. The maximum atomic E-state index is 9.42. The van der Waals surface area contributed by atoms with Gasteiger partial charge in [0, 0.05) is 5.92 Å². The molecule has 1 saturated carbocycles. The Morgan fingerprint density at radius 3 is 2.64 bits per heavy atom. The van der Waals surface area contributed by atoms with Gasteiger partial charge in [-0.3, -0.25) is 0 Å². The zero-order valence-electron chi connectivity index (χ0n) is 6.92. The van der Waals surface area contributed by atoms with Gasteiger partial charge in [-0.05, 0) is 38.5 Å². The molecule has 2 atom stereocenters. The van der Waals surface area contributed by atoms with Crippen LogP contribution in [0.4, 0.5) is 0 Å². The zero-order valence-corrected chi connectivity index (χ0v) is 6.92. The third-order valence-electron chi connectivity index (χ3n) is 3.04. The number of allylic oxidation sites excluding steroid dienone is 1. The summed E-state index contributed by atoms with van der Waals surface area (Å²) >= 11 is 0. The molecule has 0 spiro atoms. The number of aliphatic hydroxyl groups excluding tert-OH is 1. The lowest BCUT2D eigenvalue weighted by atomic mass is 9.74. The van der Waals surface area contributed by atoms with Gasteiger partial charge in [-0.1, -0.05) is 11.6 Å². The maximum absolute atomic E-state index is 9.42. The molecule has 2 rings (SSSR count). The molecule has 2 aliphatic rings. The van der Waals surface area contributed by atoms with Gasteiger partial charge in [0.15, 0.2) is 0 Å². The van der Waals surface area contributed by atoms with Gasteiger partial charge in [-0.15, -0.1) is 0 Å². The molecule has 1 nitrogen and oxygen atoms in total. The van der Waals surface area contributed by atoms with Crippen molar-refractivity contribution in [1.29, 1.82) is 0 Å². The maximum Gasteiger partial charge on any atom is 0.0605 e. The highest BCUT2D eigenvalue weighted by atomic mass is 16.3. The van der Waals surface area contributed by atoms with E-state index in [9.17, 15) is 5.11 Å². The van der Waals surface area contributed by atoms with E-state index in [1.165, 1.54) is 32.1 Å². The fourth-order valence-electron chi connectivity index (χ4n) is 2.11. The molecule has 1 N–H and O–H groups in total. The molecule has 1 fully saturated rings. The third kappa shape index (κ3) is 1.34. The minimum absolute atomic E-state index is 0.000602. The van der Waals surface area contributed by atoms with Crippen LogP contribution in [0.1, 0.15) is 38.5 Å². The van der Waals surface area contributed by atoms with E-state index in [0.717, 1.165) is 6.42 Å². The van der Waals surface area contributed by atoms with E-state index >= 15 is 0 Å². The smallest absolute Gasteiger partial charge is 0.0605 e. The molecule has 0 unspecified atom stereocenters. The fourth-order valence-corrected chi connectivity index (χ4v) is 2.11. The van der Waals surface area contributed by atoms with Crippen molar-refractivity contribution in [3.63, 3.8) is 0 Å². The lowest BCUT2D eigenvalue weighted by molar-refractivity contribution is 0.0414. The van der Waals surface area contributed by atoms with E-state index in [2.05, 4.69) is 6.08 Å². The third-order valence-corrected chi connectivity index (χ3v) is 3.04. The summed E-state index contributed by atoms with van der Waals surface area (Å²) in [5.41, 5.74) is 1.55. The van der Waals surface area contributed by atoms with Crippen LogP contribution in [0.2, 0.25) is 0 Å². The fraction of sp³-hybridized carbons (Fsp3) is 0.800. The number of hydrogen-bond donors (Lipinski definition) is 1. The van der Waals surface area contributed by atoms with Crippen LogP contribution in [0.3, 0.4) is 0 Å².